The average molecular weight is 463 g/mol. The zero-order valence-electron chi connectivity index (χ0n) is 13.8. The van der Waals surface area contributed by atoms with Crippen LogP contribution in [0, 0.1) is 12.7 Å². The SMILES string of the molecule is CCNC(=NCc1ccc(C)s1)NCC(O)c1ccccc1F.I. The van der Waals surface area contributed by atoms with Crippen molar-refractivity contribution in [2.24, 2.45) is 4.99 Å². The van der Waals surface area contributed by atoms with E-state index in [0.717, 1.165) is 0 Å². The van der Waals surface area contributed by atoms with E-state index in [4.69, 9.17) is 0 Å². The number of guanidine groups is 1. The Morgan fingerprint density at radius 2 is 2.00 bits per heavy atom. The number of nitrogens with zero attached hydrogens (tertiary/aromatic N) is 1. The monoisotopic (exact) mass is 463 g/mol. The number of hydrogen-bond donors (Lipinski definition) is 3. The molecule has 0 amide bonds. The van der Waals surface area contributed by atoms with Crippen LogP contribution in [0.5, 0.6) is 0 Å². The van der Waals surface area contributed by atoms with Crippen molar-refractivity contribution in [1.29, 1.82) is 0 Å². The van der Waals surface area contributed by atoms with Crippen LogP contribution in [0.15, 0.2) is 41.4 Å². The van der Waals surface area contributed by atoms with Gasteiger partial charge in [-0.05, 0) is 32.0 Å². The molecule has 0 aliphatic carbocycles. The molecule has 1 aromatic carbocycles. The molecule has 1 aromatic heterocycles. The summed E-state index contributed by atoms with van der Waals surface area (Å²) >= 11 is 1.71. The highest BCUT2D eigenvalue weighted by Crippen LogP contribution is 2.16. The van der Waals surface area contributed by atoms with E-state index in [-0.39, 0.29) is 36.1 Å². The molecule has 24 heavy (non-hydrogen) atoms. The van der Waals surface area contributed by atoms with E-state index in [0.29, 0.717) is 19.0 Å². The fourth-order valence-corrected chi connectivity index (χ4v) is 2.93. The van der Waals surface area contributed by atoms with Gasteiger partial charge in [-0.1, -0.05) is 18.2 Å². The molecule has 0 saturated heterocycles. The Bertz CT molecular complexity index is 663. The first-order valence-electron chi connectivity index (χ1n) is 7.60. The summed E-state index contributed by atoms with van der Waals surface area (Å²) in [6.07, 6.45) is -0.927. The molecule has 0 saturated carbocycles. The van der Waals surface area contributed by atoms with Gasteiger partial charge in [0.05, 0.1) is 12.6 Å². The molecule has 0 fully saturated rings. The van der Waals surface area contributed by atoms with E-state index in [1.54, 1.807) is 29.5 Å². The third-order valence-corrected chi connectivity index (χ3v) is 4.25. The standard InChI is InChI=1S/C17H22FN3OS.HI/c1-3-19-17(20-10-13-9-8-12(2)23-13)21-11-16(22)14-6-4-5-7-15(14)18;/h4-9,16,22H,3,10-11H2,1-2H3,(H2,19,20,21);1H. The second kappa shape index (κ2) is 10.6. The zero-order valence-corrected chi connectivity index (χ0v) is 16.9. The highest BCUT2D eigenvalue weighted by Gasteiger charge is 2.12. The Morgan fingerprint density at radius 1 is 1.25 bits per heavy atom. The van der Waals surface area contributed by atoms with Gasteiger partial charge in [0.1, 0.15) is 5.82 Å². The predicted octanol–water partition coefficient (Wildman–Crippen LogP) is 3.60. The first kappa shape index (κ1) is 20.9. The van der Waals surface area contributed by atoms with Crippen LogP contribution < -0.4 is 10.6 Å². The highest BCUT2D eigenvalue weighted by molar-refractivity contribution is 14.0. The summed E-state index contributed by atoms with van der Waals surface area (Å²) in [7, 11) is 0. The van der Waals surface area contributed by atoms with Gasteiger partial charge in [0.25, 0.3) is 0 Å². The van der Waals surface area contributed by atoms with E-state index in [9.17, 15) is 9.50 Å². The van der Waals surface area contributed by atoms with Crippen molar-refractivity contribution in [3.05, 3.63) is 57.5 Å². The fourth-order valence-electron chi connectivity index (χ4n) is 2.12. The van der Waals surface area contributed by atoms with Gasteiger partial charge in [-0.15, -0.1) is 35.3 Å². The van der Waals surface area contributed by atoms with Gasteiger partial charge in [-0.2, -0.15) is 0 Å². The molecule has 4 nitrogen and oxygen atoms in total. The Balaban J connectivity index is 0.00000288. The van der Waals surface area contributed by atoms with Crippen LogP contribution in [-0.4, -0.2) is 24.2 Å². The summed E-state index contributed by atoms with van der Waals surface area (Å²) in [4.78, 5) is 6.91. The predicted molar refractivity (Wildman–Crippen MR) is 109 cm³/mol. The first-order chi connectivity index (χ1) is 11.1. The second-order valence-electron chi connectivity index (χ2n) is 5.13. The minimum Gasteiger partial charge on any atom is -0.386 e. The van der Waals surface area contributed by atoms with Gasteiger partial charge in [-0.3, -0.25) is 0 Å². The Labute approximate surface area is 163 Å². The summed E-state index contributed by atoms with van der Waals surface area (Å²) in [5, 5.41) is 16.3. The van der Waals surface area contributed by atoms with Gasteiger partial charge in [0.2, 0.25) is 0 Å². The Morgan fingerprint density at radius 3 is 2.62 bits per heavy atom. The average Bonchev–Trinajstić information content (AvgIpc) is 2.95. The number of aliphatic hydroxyl groups is 1. The number of halogens is 2. The number of aliphatic hydroxyl groups excluding tert-OH is 1. The van der Waals surface area contributed by atoms with Crippen LogP contribution >= 0.6 is 35.3 Å². The van der Waals surface area contributed by atoms with Crippen molar-refractivity contribution in [1.82, 2.24) is 10.6 Å². The molecular formula is C17H23FIN3OS. The third-order valence-electron chi connectivity index (χ3n) is 3.26. The van der Waals surface area contributed by atoms with Gasteiger partial charge in [0, 0.05) is 28.4 Å². The summed E-state index contributed by atoms with van der Waals surface area (Å²) in [5.74, 6) is 0.201. The molecule has 0 bridgehead atoms. The molecule has 7 heteroatoms. The highest BCUT2D eigenvalue weighted by atomic mass is 127. The van der Waals surface area contributed by atoms with Crippen molar-refractivity contribution in [3.8, 4) is 0 Å². The van der Waals surface area contributed by atoms with E-state index in [1.165, 1.54) is 15.8 Å². The number of aliphatic imine (C=N–C) groups is 1. The van der Waals surface area contributed by atoms with E-state index in [1.807, 2.05) is 6.92 Å². The molecular weight excluding hydrogens is 440 g/mol. The lowest BCUT2D eigenvalue weighted by molar-refractivity contribution is 0.176. The van der Waals surface area contributed by atoms with Gasteiger partial charge < -0.3 is 15.7 Å². The lowest BCUT2D eigenvalue weighted by Gasteiger charge is -2.16. The van der Waals surface area contributed by atoms with E-state index < -0.39 is 11.9 Å². The number of thiophene rings is 1. The molecule has 3 N–H and O–H groups in total. The quantitative estimate of drug-likeness (QED) is 0.349. The van der Waals surface area contributed by atoms with Gasteiger partial charge in [0.15, 0.2) is 5.96 Å². The number of benzene rings is 1. The van der Waals surface area contributed by atoms with Crippen molar-refractivity contribution >= 4 is 41.3 Å². The molecule has 0 spiro atoms. The Kier molecular flexibility index (Phi) is 9.24. The topological polar surface area (TPSA) is 56.7 Å². The van der Waals surface area contributed by atoms with Gasteiger partial charge >= 0.3 is 0 Å². The molecule has 1 atom stereocenters. The lowest BCUT2D eigenvalue weighted by Crippen LogP contribution is -2.39. The van der Waals surface area contributed by atoms with Crippen molar-refractivity contribution in [2.45, 2.75) is 26.5 Å². The van der Waals surface area contributed by atoms with Crippen LogP contribution in [0.3, 0.4) is 0 Å². The van der Waals surface area contributed by atoms with Crippen LogP contribution in [0.25, 0.3) is 0 Å². The van der Waals surface area contributed by atoms with Crippen LogP contribution in [0.4, 0.5) is 4.39 Å². The number of nitrogens with one attached hydrogen (secondary N) is 2. The molecule has 0 aliphatic rings. The maximum absolute atomic E-state index is 13.7. The molecule has 132 valence electrons. The number of hydrogen-bond acceptors (Lipinski definition) is 3. The van der Waals surface area contributed by atoms with E-state index >= 15 is 0 Å². The summed E-state index contributed by atoms with van der Waals surface area (Å²) in [5.41, 5.74) is 0.282. The zero-order chi connectivity index (χ0) is 16.7. The van der Waals surface area contributed by atoms with Crippen molar-refractivity contribution in [3.63, 3.8) is 0 Å². The maximum Gasteiger partial charge on any atom is 0.191 e. The van der Waals surface area contributed by atoms with Gasteiger partial charge in [-0.25, -0.2) is 9.38 Å². The molecule has 0 radical (unpaired) electrons. The van der Waals surface area contributed by atoms with Crippen molar-refractivity contribution < 1.29 is 9.50 Å². The van der Waals surface area contributed by atoms with Crippen molar-refractivity contribution in [2.75, 3.05) is 13.1 Å². The molecule has 1 heterocycles. The summed E-state index contributed by atoms with van der Waals surface area (Å²) in [6.45, 7) is 5.51. The largest absolute Gasteiger partial charge is 0.386 e. The molecule has 2 aromatic rings. The van der Waals surface area contributed by atoms with Crippen LogP contribution in [0.2, 0.25) is 0 Å². The summed E-state index contributed by atoms with van der Waals surface area (Å²) in [6, 6.07) is 10.4. The fraction of sp³-hybridized carbons (Fsp3) is 0.353. The second-order valence-corrected chi connectivity index (χ2v) is 6.50. The maximum atomic E-state index is 13.7. The molecule has 0 aliphatic heterocycles. The first-order valence-corrected chi connectivity index (χ1v) is 8.41. The molecule has 2 rings (SSSR count). The van der Waals surface area contributed by atoms with Crippen LogP contribution in [-0.2, 0) is 6.54 Å². The summed E-state index contributed by atoms with van der Waals surface area (Å²) < 4.78 is 13.7. The third kappa shape index (κ3) is 6.37. The smallest absolute Gasteiger partial charge is 0.191 e. The minimum absolute atomic E-state index is 0. The Hall–Kier alpha value is -1.19. The van der Waals surface area contributed by atoms with E-state index in [2.05, 4.69) is 34.7 Å². The normalized spacial score (nSPS) is 12.4. The number of rotatable bonds is 6. The van der Waals surface area contributed by atoms with Crippen LogP contribution in [0.1, 0.15) is 28.3 Å². The lowest BCUT2D eigenvalue weighted by atomic mass is 10.1. The number of aryl methyl sites for hydroxylation is 1. The molecule has 1 unspecified atom stereocenters. The minimum atomic E-state index is -0.927.